The van der Waals surface area contributed by atoms with E-state index in [2.05, 4.69) is 23.4 Å². The molecule has 1 atom stereocenters. The Bertz CT molecular complexity index is 740. The van der Waals surface area contributed by atoms with Gasteiger partial charge in [0.1, 0.15) is 12.4 Å². The van der Waals surface area contributed by atoms with Crippen molar-refractivity contribution in [1.29, 1.82) is 0 Å². The van der Waals surface area contributed by atoms with E-state index in [1.165, 1.54) is 5.56 Å². The summed E-state index contributed by atoms with van der Waals surface area (Å²) in [4.78, 5) is 11.4. The lowest BCUT2D eigenvalue weighted by molar-refractivity contribution is 0.129. The number of halogens is 1. The number of carbonyl (C=O) groups excluding carboxylic acids is 1. The fraction of sp³-hybridized carbons (Fsp3) is 0.250. The zero-order valence-electron chi connectivity index (χ0n) is 14.0. The van der Waals surface area contributed by atoms with Gasteiger partial charge in [-0.1, -0.05) is 53.9 Å². The molecule has 0 spiro atoms. The molecule has 1 unspecified atom stereocenters. The molecule has 0 saturated heterocycles. The van der Waals surface area contributed by atoms with Gasteiger partial charge in [-0.05, 0) is 36.6 Å². The average molecular weight is 358 g/mol. The highest BCUT2D eigenvalue weighted by atomic mass is 35.5. The SMILES string of the molecule is C#CC(C)OC(=O)NCCOc1ccc(Cc2ccccc2)cc1Cl. The van der Waals surface area contributed by atoms with Gasteiger partial charge in [-0.2, -0.15) is 0 Å². The lowest BCUT2D eigenvalue weighted by Gasteiger charge is -2.11. The van der Waals surface area contributed by atoms with Gasteiger partial charge >= 0.3 is 6.09 Å². The van der Waals surface area contributed by atoms with Crippen molar-refractivity contribution in [3.63, 3.8) is 0 Å². The largest absolute Gasteiger partial charge is 0.490 e. The van der Waals surface area contributed by atoms with E-state index in [-0.39, 0.29) is 13.2 Å². The van der Waals surface area contributed by atoms with Crippen LogP contribution in [0.2, 0.25) is 5.02 Å². The standard InChI is InChI=1S/C20H20ClNO3/c1-3-15(2)25-20(23)22-11-12-24-19-10-9-17(14-18(19)21)13-16-7-5-4-6-8-16/h1,4-10,14-15H,11-13H2,2H3,(H,22,23). The Morgan fingerprint density at radius 3 is 2.68 bits per heavy atom. The molecule has 130 valence electrons. The number of hydrogen-bond donors (Lipinski definition) is 1. The summed E-state index contributed by atoms with van der Waals surface area (Å²) in [5.41, 5.74) is 2.32. The minimum absolute atomic E-state index is 0.275. The molecule has 1 amide bonds. The zero-order chi connectivity index (χ0) is 18.1. The molecule has 0 aromatic heterocycles. The van der Waals surface area contributed by atoms with Crippen LogP contribution < -0.4 is 10.1 Å². The number of terminal acetylenes is 1. The first-order chi connectivity index (χ1) is 12.1. The van der Waals surface area contributed by atoms with Crippen molar-refractivity contribution in [3.05, 3.63) is 64.7 Å². The minimum Gasteiger partial charge on any atom is -0.490 e. The molecule has 1 N–H and O–H groups in total. The summed E-state index contributed by atoms with van der Waals surface area (Å²) in [6, 6.07) is 15.9. The first-order valence-electron chi connectivity index (χ1n) is 7.94. The van der Waals surface area contributed by atoms with E-state index in [1.807, 2.05) is 36.4 Å². The molecule has 0 aliphatic rings. The number of hydrogen-bond acceptors (Lipinski definition) is 3. The summed E-state index contributed by atoms with van der Waals surface area (Å²) >= 11 is 6.27. The van der Waals surface area contributed by atoms with E-state index in [1.54, 1.807) is 6.92 Å². The van der Waals surface area contributed by atoms with Crippen molar-refractivity contribution in [3.8, 4) is 18.1 Å². The summed E-state index contributed by atoms with van der Waals surface area (Å²) in [6.45, 7) is 2.18. The van der Waals surface area contributed by atoms with Crippen molar-refractivity contribution < 1.29 is 14.3 Å². The maximum Gasteiger partial charge on any atom is 0.408 e. The Morgan fingerprint density at radius 2 is 2.00 bits per heavy atom. The van der Waals surface area contributed by atoms with Gasteiger partial charge in [-0.3, -0.25) is 0 Å². The van der Waals surface area contributed by atoms with Gasteiger partial charge < -0.3 is 14.8 Å². The maximum absolute atomic E-state index is 11.4. The zero-order valence-corrected chi connectivity index (χ0v) is 14.8. The van der Waals surface area contributed by atoms with Gasteiger partial charge in [0.2, 0.25) is 0 Å². The van der Waals surface area contributed by atoms with Gasteiger partial charge in [-0.15, -0.1) is 6.42 Å². The minimum atomic E-state index is -0.571. The van der Waals surface area contributed by atoms with Crippen LogP contribution in [-0.4, -0.2) is 25.3 Å². The van der Waals surface area contributed by atoms with Crippen LogP contribution in [0.3, 0.4) is 0 Å². The number of alkyl carbamates (subject to hydrolysis) is 1. The molecule has 5 heteroatoms. The third kappa shape index (κ3) is 6.40. The molecule has 0 radical (unpaired) electrons. The lowest BCUT2D eigenvalue weighted by atomic mass is 10.1. The first-order valence-corrected chi connectivity index (χ1v) is 8.32. The van der Waals surface area contributed by atoms with Crippen molar-refractivity contribution in [2.24, 2.45) is 0 Å². The van der Waals surface area contributed by atoms with E-state index >= 15 is 0 Å². The van der Waals surface area contributed by atoms with Crippen LogP contribution in [0.15, 0.2) is 48.5 Å². The van der Waals surface area contributed by atoms with Crippen LogP contribution in [-0.2, 0) is 11.2 Å². The van der Waals surface area contributed by atoms with Gasteiger partial charge in [0.15, 0.2) is 6.10 Å². The summed E-state index contributed by atoms with van der Waals surface area (Å²) in [5, 5.41) is 3.10. The Hall–Kier alpha value is -2.64. The monoisotopic (exact) mass is 357 g/mol. The molecule has 0 saturated carbocycles. The van der Waals surface area contributed by atoms with Crippen LogP contribution >= 0.6 is 11.6 Å². The van der Waals surface area contributed by atoms with E-state index in [0.717, 1.165) is 12.0 Å². The van der Waals surface area contributed by atoms with E-state index in [9.17, 15) is 4.79 Å². The number of nitrogens with one attached hydrogen (secondary N) is 1. The van der Waals surface area contributed by atoms with E-state index in [4.69, 9.17) is 27.5 Å². The van der Waals surface area contributed by atoms with Crippen LogP contribution in [0.1, 0.15) is 18.1 Å². The number of ether oxygens (including phenoxy) is 2. The van der Waals surface area contributed by atoms with Crippen LogP contribution in [0.5, 0.6) is 5.75 Å². The fourth-order valence-electron chi connectivity index (χ4n) is 2.15. The highest BCUT2D eigenvalue weighted by molar-refractivity contribution is 6.32. The van der Waals surface area contributed by atoms with Crippen molar-refractivity contribution in [1.82, 2.24) is 5.32 Å². The fourth-order valence-corrected chi connectivity index (χ4v) is 2.41. The Labute approximate surface area is 153 Å². The number of rotatable bonds is 7. The smallest absolute Gasteiger partial charge is 0.408 e. The molecular weight excluding hydrogens is 338 g/mol. The second-order valence-electron chi connectivity index (χ2n) is 5.42. The highest BCUT2D eigenvalue weighted by Gasteiger charge is 2.07. The highest BCUT2D eigenvalue weighted by Crippen LogP contribution is 2.26. The van der Waals surface area contributed by atoms with E-state index in [0.29, 0.717) is 10.8 Å². The lowest BCUT2D eigenvalue weighted by Crippen LogP contribution is -2.30. The molecular formula is C20H20ClNO3. The summed E-state index contributed by atoms with van der Waals surface area (Å²) in [6.07, 6.45) is 4.81. The second kappa shape index (κ2) is 9.61. The van der Waals surface area contributed by atoms with Gasteiger partial charge in [0.25, 0.3) is 0 Å². The molecule has 0 bridgehead atoms. The molecule has 2 aromatic rings. The first kappa shape index (κ1) is 18.7. The Balaban J connectivity index is 1.79. The Kier molecular flexibility index (Phi) is 7.18. The maximum atomic E-state index is 11.4. The quantitative estimate of drug-likeness (QED) is 0.600. The molecule has 0 heterocycles. The molecule has 2 aromatic carbocycles. The number of carbonyl (C=O) groups is 1. The number of benzene rings is 2. The molecule has 2 rings (SSSR count). The van der Waals surface area contributed by atoms with Gasteiger partial charge in [0, 0.05) is 0 Å². The summed E-state index contributed by atoms with van der Waals surface area (Å²) in [5.74, 6) is 2.89. The van der Waals surface area contributed by atoms with E-state index < -0.39 is 12.2 Å². The predicted molar refractivity (Wildman–Crippen MR) is 99.0 cm³/mol. The van der Waals surface area contributed by atoms with Crippen LogP contribution in [0.4, 0.5) is 4.79 Å². The summed E-state index contributed by atoms with van der Waals surface area (Å²) < 4.78 is 10.5. The van der Waals surface area contributed by atoms with Crippen LogP contribution in [0, 0.1) is 12.3 Å². The third-order valence-electron chi connectivity index (χ3n) is 3.39. The molecule has 4 nitrogen and oxygen atoms in total. The average Bonchev–Trinajstić information content (AvgIpc) is 2.61. The topological polar surface area (TPSA) is 47.6 Å². The summed E-state index contributed by atoms with van der Waals surface area (Å²) in [7, 11) is 0. The third-order valence-corrected chi connectivity index (χ3v) is 3.69. The van der Waals surface area contributed by atoms with Crippen LogP contribution in [0.25, 0.3) is 0 Å². The van der Waals surface area contributed by atoms with Gasteiger partial charge in [-0.25, -0.2) is 4.79 Å². The predicted octanol–water partition coefficient (Wildman–Crippen LogP) is 4.06. The molecule has 0 aliphatic carbocycles. The Morgan fingerprint density at radius 1 is 1.24 bits per heavy atom. The number of amides is 1. The second-order valence-corrected chi connectivity index (χ2v) is 5.82. The molecule has 0 aliphatic heterocycles. The normalized spacial score (nSPS) is 11.2. The van der Waals surface area contributed by atoms with Crippen molar-refractivity contribution in [2.45, 2.75) is 19.4 Å². The molecule has 25 heavy (non-hydrogen) atoms. The molecule has 0 fully saturated rings. The van der Waals surface area contributed by atoms with Crippen molar-refractivity contribution in [2.75, 3.05) is 13.2 Å². The van der Waals surface area contributed by atoms with Crippen molar-refractivity contribution >= 4 is 17.7 Å². The van der Waals surface area contributed by atoms with Gasteiger partial charge in [0.05, 0.1) is 11.6 Å².